The van der Waals surface area contributed by atoms with E-state index in [0.29, 0.717) is 6.54 Å². The smallest absolute Gasteiger partial charge is 0.268 e. The zero-order valence-corrected chi connectivity index (χ0v) is 8.64. The van der Waals surface area contributed by atoms with E-state index in [1.165, 1.54) is 16.8 Å². The van der Waals surface area contributed by atoms with Crippen LogP contribution >= 0.6 is 0 Å². The number of hydrogen-bond acceptors (Lipinski definition) is 3. The van der Waals surface area contributed by atoms with Gasteiger partial charge < -0.3 is 9.88 Å². The highest BCUT2D eigenvalue weighted by Gasteiger charge is 2.05. The summed E-state index contributed by atoms with van der Waals surface area (Å²) in [5.41, 5.74) is -0.433. The zero-order chi connectivity index (χ0) is 12.0. The summed E-state index contributed by atoms with van der Waals surface area (Å²) in [5.74, 6) is -0.294. The van der Waals surface area contributed by atoms with Crippen molar-refractivity contribution in [3.8, 4) is 6.07 Å². The maximum absolute atomic E-state index is 11.5. The maximum atomic E-state index is 11.5. The van der Waals surface area contributed by atoms with Crippen molar-refractivity contribution in [2.24, 2.45) is 0 Å². The van der Waals surface area contributed by atoms with E-state index in [1.54, 1.807) is 18.2 Å². The van der Waals surface area contributed by atoms with E-state index in [9.17, 15) is 9.59 Å². The lowest BCUT2D eigenvalue weighted by molar-refractivity contribution is -0.121. The molecule has 1 aromatic rings. The van der Waals surface area contributed by atoms with Gasteiger partial charge in [0.1, 0.15) is 18.2 Å². The molecule has 0 aromatic carbocycles. The number of nitrogens with one attached hydrogen (secondary N) is 1. The highest BCUT2D eigenvalue weighted by molar-refractivity contribution is 5.75. The molecule has 5 heteroatoms. The van der Waals surface area contributed by atoms with Gasteiger partial charge in [-0.05, 0) is 12.1 Å². The largest absolute Gasteiger partial charge is 0.351 e. The second-order valence-corrected chi connectivity index (χ2v) is 3.06. The highest BCUT2D eigenvalue weighted by Crippen LogP contribution is 1.89. The highest BCUT2D eigenvalue weighted by atomic mass is 16.2. The fraction of sp³-hybridized carbons (Fsp3) is 0.182. The van der Waals surface area contributed by atoms with Gasteiger partial charge in [-0.25, -0.2) is 0 Å². The van der Waals surface area contributed by atoms with Crippen LogP contribution in [-0.4, -0.2) is 17.0 Å². The van der Waals surface area contributed by atoms with Crippen LogP contribution in [0.25, 0.3) is 0 Å². The summed E-state index contributed by atoms with van der Waals surface area (Å²) in [5, 5.41) is 11.2. The molecule has 0 saturated heterocycles. The Bertz CT molecular complexity index is 497. The summed E-state index contributed by atoms with van der Waals surface area (Å²) < 4.78 is 1.19. The fourth-order valence-electron chi connectivity index (χ4n) is 1.14. The first-order chi connectivity index (χ1) is 7.69. The van der Waals surface area contributed by atoms with Crippen LogP contribution in [0.3, 0.4) is 0 Å². The van der Waals surface area contributed by atoms with E-state index in [4.69, 9.17) is 5.26 Å². The number of rotatable bonds is 4. The second kappa shape index (κ2) is 5.51. The monoisotopic (exact) mass is 217 g/mol. The molecule has 1 heterocycles. The van der Waals surface area contributed by atoms with E-state index in [0.717, 1.165) is 0 Å². The third-order valence-electron chi connectivity index (χ3n) is 1.90. The standard InChI is InChI=1S/C11H11N3O2/c1-2-5-13-10(15)8-14-6-3-4-9(7-12)11(14)16/h2-4,6H,1,5,8H2,(H,13,15). The number of aromatic nitrogens is 1. The fourth-order valence-corrected chi connectivity index (χ4v) is 1.14. The molecule has 0 saturated carbocycles. The Labute approximate surface area is 92.6 Å². The van der Waals surface area contributed by atoms with Gasteiger partial charge in [-0.3, -0.25) is 9.59 Å². The van der Waals surface area contributed by atoms with E-state index in [-0.39, 0.29) is 18.0 Å². The average molecular weight is 217 g/mol. The molecule has 0 fully saturated rings. The minimum Gasteiger partial charge on any atom is -0.351 e. The Morgan fingerprint density at radius 2 is 2.44 bits per heavy atom. The molecule has 1 amide bonds. The van der Waals surface area contributed by atoms with Crippen LogP contribution in [0.4, 0.5) is 0 Å². The Kier molecular flexibility index (Phi) is 4.04. The normalized spacial score (nSPS) is 9.19. The Morgan fingerprint density at radius 3 is 3.06 bits per heavy atom. The lowest BCUT2D eigenvalue weighted by atomic mass is 10.3. The summed E-state index contributed by atoms with van der Waals surface area (Å²) in [6.45, 7) is 3.72. The van der Waals surface area contributed by atoms with Crippen LogP contribution in [0, 0.1) is 11.3 Å². The SMILES string of the molecule is C=CCNC(=O)Cn1cccc(C#N)c1=O. The maximum Gasteiger partial charge on any atom is 0.268 e. The van der Waals surface area contributed by atoms with Crippen molar-refractivity contribution < 1.29 is 4.79 Å². The molecule has 0 aliphatic heterocycles. The number of pyridine rings is 1. The van der Waals surface area contributed by atoms with Gasteiger partial charge in [-0.2, -0.15) is 5.26 Å². The first-order valence-electron chi connectivity index (χ1n) is 4.66. The van der Waals surface area contributed by atoms with Crippen LogP contribution in [0.2, 0.25) is 0 Å². The molecule has 0 aliphatic rings. The molecule has 0 aliphatic carbocycles. The first-order valence-corrected chi connectivity index (χ1v) is 4.66. The summed E-state index contributed by atoms with van der Waals surface area (Å²) in [7, 11) is 0. The van der Waals surface area contributed by atoms with Gasteiger partial charge in [0.05, 0.1) is 0 Å². The summed E-state index contributed by atoms with van der Waals surface area (Å²) in [4.78, 5) is 22.9. The summed E-state index contributed by atoms with van der Waals surface area (Å²) in [6, 6.07) is 4.74. The third kappa shape index (κ3) is 2.82. The Balaban J connectivity index is 2.83. The molecule has 5 nitrogen and oxygen atoms in total. The van der Waals surface area contributed by atoms with Gasteiger partial charge in [-0.1, -0.05) is 6.08 Å². The molecule has 1 aromatic heterocycles. The molecule has 1 N–H and O–H groups in total. The van der Waals surface area contributed by atoms with Crippen molar-refractivity contribution in [1.82, 2.24) is 9.88 Å². The number of nitriles is 1. The number of hydrogen-bond donors (Lipinski definition) is 1. The quantitative estimate of drug-likeness (QED) is 0.722. The van der Waals surface area contributed by atoms with Crippen LogP contribution < -0.4 is 10.9 Å². The van der Waals surface area contributed by atoms with Crippen LogP contribution in [0.15, 0.2) is 35.8 Å². The minimum atomic E-state index is -0.459. The predicted molar refractivity (Wildman–Crippen MR) is 58.6 cm³/mol. The number of nitrogens with zero attached hydrogens (tertiary/aromatic N) is 2. The van der Waals surface area contributed by atoms with Crippen molar-refractivity contribution in [2.45, 2.75) is 6.54 Å². The minimum absolute atomic E-state index is 0.0269. The van der Waals surface area contributed by atoms with E-state index >= 15 is 0 Å². The molecule has 0 bridgehead atoms. The van der Waals surface area contributed by atoms with Crippen molar-refractivity contribution in [2.75, 3.05) is 6.54 Å². The lowest BCUT2D eigenvalue weighted by Crippen LogP contribution is -2.32. The average Bonchev–Trinajstić information content (AvgIpc) is 2.29. The second-order valence-electron chi connectivity index (χ2n) is 3.06. The van der Waals surface area contributed by atoms with Crippen LogP contribution in [0.5, 0.6) is 0 Å². The van der Waals surface area contributed by atoms with Crippen molar-refractivity contribution in [1.29, 1.82) is 5.26 Å². The van der Waals surface area contributed by atoms with Crippen molar-refractivity contribution >= 4 is 5.91 Å². The molecule has 1 rings (SSSR count). The van der Waals surface area contributed by atoms with Gasteiger partial charge in [-0.15, -0.1) is 6.58 Å². The molecule has 0 radical (unpaired) electrons. The molecular formula is C11H11N3O2. The van der Waals surface area contributed by atoms with Gasteiger partial charge in [0.15, 0.2) is 0 Å². The molecule has 16 heavy (non-hydrogen) atoms. The van der Waals surface area contributed by atoms with Crippen molar-refractivity contribution in [3.05, 3.63) is 46.9 Å². The summed E-state index contributed by atoms with van der Waals surface area (Å²) in [6.07, 6.45) is 3.02. The molecule has 0 atom stereocenters. The third-order valence-corrected chi connectivity index (χ3v) is 1.90. The number of carbonyl (C=O) groups is 1. The molecule has 0 spiro atoms. The van der Waals surface area contributed by atoms with Gasteiger partial charge in [0.25, 0.3) is 5.56 Å². The summed E-state index contributed by atoms with van der Waals surface area (Å²) >= 11 is 0. The topological polar surface area (TPSA) is 74.9 Å². The van der Waals surface area contributed by atoms with Crippen molar-refractivity contribution in [3.63, 3.8) is 0 Å². The number of carbonyl (C=O) groups excluding carboxylic acids is 1. The van der Waals surface area contributed by atoms with Crippen LogP contribution in [0.1, 0.15) is 5.56 Å². The van der Waals surface area contributed by atoms with Gasteiger partial charge >= 0.3 is 0 Å². The zero-order valence-electron chi connectivity index (χ0n) is 8.64. The first kappa shape index (κ1) is 11.7. The lowest BCUT2D eigenvalue weighted by Gasteiger charge is -2.05. The predicted octanol–water partition coefficient (Wildman–Crippen LogP) is 0.0222. The molecular weight excluding hydrogens is 206 g/mol. The molecule has 0 unspecified atom stereocenters. The molecule has 82 valence electrons. The Hall–Kier alpha value is -2.35. The van der Waals surface area contributed by atoms with E-state index in [2.05, 4.69) is 11.9 Å². The van der Waals surface area contributed by atoms with Gasteiger partial charge in [0, 0.05) is 12.7 Å². The van der Waals surface area contributed by atoms with Crippen LogP contribution in [-0.2, 0) is 11.3 Å². The number of amides is 1. The van der Waals surface area contributed by atoms with Gasteiger partial charge in [0.2, 0.25) is 5.91 Å². The van der Waals surface area contributed by atoms with E-state index in [1.807, 2.05) is 0 Å². The van der Waals surface area contributed by atoms with E-state index < -0.39 is 5.56 Å². The Morgan fingerprint density at radius 1 is 1.69 bits per heavy atom.